The second kappa shape index (κ2) is 28.8. The lowest BCUT2D eigenvalue weighted by Crippen LogP contribution is -2.68. The predicted octanol–water partition coefficient (Wildman–Crippen LogP) is 13.4. The predicted molar refractivity (Wildman–Crippen MR) is 197 cm³/mol. The summed E-state index contributed by atoms with van der Waals surface area (Å²) >= 11 is 0. The van der Waals surface area contributed by atoms with Crippen molar-refractivity contribution in [3.63, 3.8) is 0 Å². The van der Waals surface area contributed by atoms with Crippen molar-refractivity contribution in [3.05, 3.63) is 12.2 Å². The molecule has 272 valence electrons. The van der Waals surface area contributed by atoms with Crippen LogP contribution in [-0.2, 0) is 18.5 Å². The Morgan fingerprint density at radius 3 is 1.33 bits per heavy atom. The average molecular weight is 669 g/mol. The summed E-state index contributed by atoms with van der Waals surface area (Å²) in [5.74, 6) is -0.820. The molecule has 3 atom stereocenters. The molecule has 0 aromatic heterocycles. The monoisotopic (exact) mass is 669 g/mol. The number of hydrogen-bond donors (Lipinski definition) is 1. The quantitative estimate of drug-likeness (QED) is 0.0414. The van der Waals surface area contributed by atoms with Crippen molar-refractivity contribution in [2.24, 2.45) is 0 Å². The summed E-state index contributed by atoms with van der Waals surface area (Å²) in [5, 5.41) is 0. The van der Waals surface area contributed by atoms with Gasteiger partial charge in [-0.3, -0.25) is 4.52 Å². The van der Waals surface area contributed by atoms with E-state index in [1.165, 1.54) is 161 Å². The molecule has 0 amide bonds. The van der Waals surface area contributed by atoms with E-state index < -0.39 is 20.0 Å². The highest BCUT2D eigenvalue weighted by Gasteiger charge is 2.63. The number of ether oxygens (including phenoxy) is 2. The van der Waals surface area contributed by atoms with Crippen molar-refractivity contribution in [2.75, 3.05) is 19.8 Å². The molecule has 0 aliphatic carbocycles. The minimum Gasteiger partial charge on any atom is -0.369 e. The first kappa shape index (κ1) is 42.1. The van der Waals surface area contributed by atoms with E-state index in [4.69, 9.17) is 18.5 Å². The topological polar surface area (TPSA) is 57.2 Å². The van der Waals surface area contributed by atoms with Crippen molar-refractivity contribution >= 4 is 8.60 Å². The van der Waals surface area contributed by atoms with Crippen molar-refractivity contribution in [2.45, 2.75) is 224 Å². The van der Waals surface area contributed by atoms with E-state index in [0.717, 1.165) is 45.1 Å². The zero-order valence-corrected chi connectivity index (χ0v) is 31.6. The van der Waals surface area contributed by atoms with E-state index >= 15 is 0 Å². The van der Waals surface area contributed by atoms with Crippen molar-refractivity contribution in [3.8, 4) is 0 Å². The third-order valence-electron chi connectivity index (χ3n) is 10.4. The average Bonchev–Trinajstić information content (AvgIpc) is 3.02. The molecule has 0 spiro atoms. The third-order valence-corrected chi connectivity index (χ3v) is 11.2. The van der Waals surface area contributed by atoms with E-state index in [0.29, 0.717) is 13.2 Å². The Hall–Kier alpha value is -0.0300. The van der Waals surface area contributed by atoms with Gasteiger partial charge in [0.2, 0.25) is 5.79 Å². The van der Waals surface area contributed by atoms with E-state index in [-0.39, 0.29) is 0 Å². The van der Waals surface area contributed by atoms with E-state index in [9.17, 15) is 4.89 Å². The summed E-state index contributed by atoms with van der Waals surface area (Å²) in [6, 6.07) is 0. The molecule has 0 radical (unpaired) electrons. The second-order valence-corrected chi connectivity index (χ2v) is 15.3. The van der Waals surface area contributed by atoms with Gasteiger partial charge in [0.15, 0.2) is 0 Å². The van der Waals surface area contributed by atoms with Gasteiger partial charge in [-0.05, 0) is 38.5 Å². The lowest BCUT2D eigenvalue weighted by molar-refractivity contribution is -0.389. The third kappa shape index (κ3) is 18.7. The summed E-state index contributed by atoms with van der Waals surface area (Å²) in [4.78, 5) is 10.6. The first-order valence-corrected chi connectivity index (χ1v) is 21.5. The minimum absolute atomic E-state index is 0.413. The first-order chi connectivity index (χ1) is 22.7. The molecule has 2 heterocycles. The van der Waals surface area contributed by atoms with Gasteiger partial charge in [0, 0.05) is 12.8 Å². The van der Waals surface area contributed by atoms with Crippen LogP contribution in [0.1, 0.15) is 213 Å². The standard InChI is InChI=1S/C40H77O5P/c1-3-5-7-9-11-13-15-17-19-20-22-24-26-28-30-32-36-44-46(41)45-40(35-38-43-40)39(34-37-42-39)33-31-29-27-25-23-21-18-16-14-12-10-8-6-4-2/h18,21,41H,3-17,19-20,22-38H2,1-2H3/b21-18-. The van der Waals surface area contributed by atoms with Crippen LogP contribution < -0.4 is 0 Å². The second-order valence-electron chi connectivity index (χ2n) is 14.4. The molecule has 2 aliphatic rings. The Bertz CT molecular complexity index is 693. The van der Waals surface area contributed by atoms with Crippen LogP contribution in [0.3, 0.4) is 0 Å². The van der Waals surface area contributed by atoms with Crippen LogP contribution in [0.15, 0.2) is 12.2 Å². The molecule has 2 saturated heterocycles. The zero-order valence-electron chi connectivity index (χ0n) is 30.7. The van der Waals surface area contributed by atoms with Gasteiger partial charge in [-0.15, -0.1) is 0 Å². The Kier molecular flexibility index (Phi) is 26.4. The highest BCUT2D eigenvalue weighted by molar-refractivity contribution is 7.40. The van der Waals surface area contributed by atoms with E-state index in [1.807, 2.05) is 0 Å². The van der Waals surface area contributed by atoms with Gasteiger partial charge in [-0.25, -0.2) is 0 Å². The first-order valence-electron chi connectivity index (χ1n) is 20.4. The molecular formula is C40H77O5P. The summed E-state index contributed by atoms with van der Waals surface area (Å²) < 4.78 is 24.0. The summed E-state index contributed by atoms with van der Waals surface area (Å²) in [7, 11) is -1.95. The maximum absolute atomic E-state index is 10.6. The maximum atomic E-state index is 10.6. The highest BCUT2D eigenvalue weighted by atomic mass is 31.2. The lowest BCUT2D eigenvalue weighted by atomic mass is 9.77. The molecule has 2 aliphatic heterocycles. The maximum Gasteiger partial charge on any atom is 0.332 e. The van der Waals surface area contributed by atoms with Gasteiger partial charge in [-0.2, -0.15) is 0 Å². The molecule has 2 rings (SSSR count). The molecule has 0 aromatic rings. The van der Waals surface area contributed by atoms with Crippen LogP contribution in [0, 0.1) is 0 Å². The molecule has 6 heteroatoms. The highest BCUT2D eigenvalue weighted by Crippen LogP contribution is 2.55. The summed E-state index contributed by atoms with van der Waals surface area (Å²) in [6.07, 6.45) is 44.5. The van der Waals surface area contributed by atoms with Gasteiger partial charge >= 0.3 is 8.60 Å². The van der Waals surface area contributed by atoms with Gasteiger partial charge in [0.05, 0.1) is 19.8 Å². The SMILES string of the molecule is CCCCCCCC/C=C\CCCCCCC1(C2(OP(O)OCCCCCCCCCCCCCCCCCC)CCO2)CCO1. The van der Waals surface area contributed by atoms with Gasteiger partial charge in [0.1, 0.15) is 5.60 Å². The number of hydrogen-bond acceptors (Lipinski definition) is 5. The minimum atomic E-state index is -1.95. The zero-order chi connectivity index (χ0) is 32.9. The fourth-order valence-corrected chi connectivity index (χ4v) is 7.99. The lowest BCUT2D eigenvalue weighted by Gasteiger charge is -2.58. The van der Waals surface area contributed by atoms with Crippen LogP contribution in [-0.4, -0.2) is 36.1 Å². The Morgan fingerprint density at radius 1 is 0.543 bits per heavy atom. The number of unbranched alkanes of at least 4 members (excludes halogenated alkanes) is 25. The number of rotatable bonds is 35. The van der Waals surface area contributed by atoms with Crippen molar-refractivity contribution in [1.82, 2.24) is 0 Å². The van der Waals surface area contributed by atoms with Crippen LogP contribution in [0.5, 0.6) is 0 Å². The van der Waals surface area contributed by atoms with E-state index in [1.54, 1.807) is 0 Å². The van der Waals surface area contributed by atoms with Crippen LogP contribution in [0.25, 0.3) is 0 Å². The van der Waals surface area contributed by atoms with Crippen molar-refractivity contribution in [1.29, 1.82) is 0 Å². The molecule has 0 saturated carbocycles. The normalized spacial score (nSPS) is 21.9. The molecule has 1 N–H and O–H groups in total. The molecule has 5 nitrogen and oxygen atoms in total. The Balaban J connectivity index is 1.43. The molecule has 0 bridgehead atoms. The Labute approximate surface area is 287 Å². The van der Waals surface area contributed by atoms with Crippen LogP contribution in [0.2, 0.25) is 0 Å². The Morgan fingerprint density at radius 2 is 0.935 bits per heavy atom. The van der Waals surface area contributed by atoms with Crippen LogP contribution in [0.4, 0.5) is 0 Å². The largest absolute Gasteiger partial charge is 0.369 e. The number of allylic oxidation sites excluding steroid dienone is 2. The molecular weight excluding hydrogens is 591 g/mol. The van der Waals surface area contributed by atoms with Crippen molar-refractivity contribution < 1.29 is 23.4 Å². The summed E-state index contributed by atoms with van der Waals surface area (Å²) in [6.45, 7) is 6.54. The van der Waals surface area contributed by atoms with Gasteiger partial charge < -0.3 is 18.9 Å². The molecule has 0 aromatic carbocycles. The van der Waals surface area contributed by atoms with Gasteiger partial charge in [-0.1, -0.05) is 174 Å². The fraction of sp³-hybridized carbons (Fsp3) is 0.950. The fourth-order valence-electron chi connectivity index (χ4n) is 7.09. The molecule has 46 heavy (non-hydrogen) atoms. The molecule has 3 unspecified atom stereocenters. The van der Waals surface area contributed by atoms with E-state index in [2.05, 4.69) is 26.0 Å². The van der Waals surface area contributed by atoms with Gasteiger partial charge in [0.25, 0.3) is 0 Å². The molecule has 2 fully saturated rings. The van der Waals surface area contributed by atoms with Crippen LogP contribution >= 0.6 is 8.60 Å². The smallest absolute Gasteiger partial charge is 0.332 e. The summed E-state index contributed by atoms with van der Waals surface area (Å²) in [5.41, 5.74) is -0.413.